The van der Waals surface area contributed by atoms with Crippen molar-refractivity contribution in [1.82, 2.24) is 0 Å². The number of fused-ring (bicyclic) bond motifs is 3. The summed E-state index contributed by atoms with van der Waals surface area (Å²) >= 11 is 0. The van der Waals surface area contributed by atoms with E-state index in [2.05, 4.69) is 80.5 Å². The predicted octanol–water partition coefficient (Wildman–Crippen LogP) is -0.745. The van der Waals surface area contributed by atoms with Gasteiger partial charge in [-0.2, -0.15) is 18.2 Å². The fraction of sp³-hybridized carbons (Fsp3) is 0.182. The minimum absolute atomic E-state index is 0. The number of benzene rings is 2. The number of nitrogens with zero attached hydrogens (tertiary/aromatic N) is 2. The van der Waals surface area contributed by atoms with E-state index in [1.807, 2.05) is 30.3 Å². The van der Waals surface area contributed by atoms with Gasteiger partial charge in [-0.3, -0.25) is 0 Å². The van der Waals surface area contributed by atoms with Crippen LogP contribution in [-0.4, -0.2) is 28.2 Å². The first-order valence-corrected chi connectivity index (χ1v) is 8.21. The van der Waals surface area contributed by atoms with Crippen molar-refractivity contribution in [3.63, 3.8) is 0 Å². The summed E-state index contributed by atoms with van der Waals surface area (Å²) in [6, 6.07) is 25.6. The molecule has 4 aromatic rings. The molecule has 0 unspecified atom stereocenters. The van der Waals surface area contributed by atoms with Crippen molar-refractivity contribution in [2.45, 2.75) is 0 Å². The van der Waals surface area contributed by atoms with E-state index in [4.69, 9.17) is 0 Å². The Morgan fingerprint density at radius 1 is 0.667 bits per heavy atom. The molecule has 140 valence electrons. The van der Waals surface area contributed by atoms with Crippen molar-refractivity contribution in [3.8, 4) is 0 Å². The molecule has 5 heteroatoms. The zero-order valence-corrected chi connectivity index (χ0v) is 20.0. The molecule has 0 saturated carbocycles. The third kappa shape index (κ3) is 6.11. The van der Waals surface area contributed by atoms with E-state index < -0.39 is 0 Å². The first-order chi connectivity index (χ1) is 11.6. The summed E-state index contributed by atoms with van der Waals surface area (Å²) in [4.78, 5) is 4.28. The van der Waals surface area contributed by atoms with Gasteiger partial charge in [-0.05, 0) is 0 Å². The molecule has 0 aliphatic rings. The molecule has 2 nitrogen and oxygen atoms in total. The maximum Gasteiger partial charge on any atom is 4.00 e. The summed E-state index contributed by atoms with van der Waals surface area (Å²) in [6.45, 7) is 0. The van der Waals surface area contributed by atoms with Crippen LogP contribution in [0.5, 0.6) is 0 Å². The molecule has 27 heavy (non-hydrogen) atoms. The van der Waals surface area contributed by atoms with Crippen molar-refractivity contribution in [3.05, 3.63) is 72.8 Å². The van der Waals surface area contributed by atoms with Crippen molar-refractivity contribution in [2.24, 2.45) is 0 Å². The Hall–Kier alpha value is -1.28. The van der Waals surface area contributed by atoms with Crippen LogP contribution in [0.25, 0.3) is 21.5 Å². The van der Waals surface area contributed by atoms with Gasteiger partial charge in [0.15, 0.2) is 0 Å². The van der Waals surface area contributed by atoms with E-state index in [0.717, 1.165) is 0 Å². The average molecular weight is 479 g/mol. The Kier molecular flexibility index (Phi) is 11.0. The second-order valence-corrected chi connectivity index (χ2v) is 6.44. The van der Waals surface area contributed by atoms with Gasteiger partial charge in [0.1, 0.15) is 0 Å². The molecule has 0 amide bonds. The maximum absolute atomic E-state index is 2.28. The van der Waals surface area contributed by atoms with Crippen molar-refractivity contribution < 1.29 is 51.0 Å². The molecule has 0 fully saturated rings. The van der Waals surface area contributed by atoms with Gasteiger partial charge in [0.05, 0.1) is 0 Å². The van der Waals surface area contributed by atoms with Crippen LogP contribution in [0.1, 0.15) is 0 Å². The van der Waals surface area contributed by atoms with Gasteiger partial charge >= 0.3 is 26.2 Å². The Balaban J connectivity index is 0.000000742. The van der Waals surface area contributed by atoms with Crippen LogP contribution in [0.15, 0.2) is 72.8 Å². The molecule has 0 atom stereocenters. The van der Waals surface area contributed by atoms with Gasteiger partial charge in [-0.15, -0.1) is 27.6 Å². The number of anilines is 2. The van der Waals surface area contributed by atoms with E-state index in [-0.39, 0.29) is 51.0 Å². The SMILES string of the molecule is CN(C)c1ccc2c(c1)[cH-]c1cc(N(C)C)ccc12.[Cl-].[Cl-].[Zr+4].c1cc[cH-]c1. The summed E-state index contributed by atoms with van der Waals surface area (Å²) in [5.74, 6) is 0. The molecule has 4 aromatic carbocycles. The second kappa shape index (κ2) is 11.5. The largest absolute Gasteiger partial charge is 4.00 e. The van der Waals surface area contributed by atoms with E-state index in [1.165, 1.54) is 32.9 Å². The molecular formula is C22H24Cl2N2Zr. The summed E-state index contributed by atoms with van der Waals surface area (Å²) in [5, 5.41) is 5.31. The predicted molar refractivity (Wildman–Crippen MR) is 108 cm³/mol. The topological polar surface area (TPSA) is 6.48 Å². The Morgan fingerprint density at radius 2 is 1.07 bits per heavy atom. The summed E-state index contributed by atoms with van der Waals surface area (Å²) in [5.41, 5.74) is 2.49. The molecule has 0 radical (unpaired) electrons. The van der Waals surface area contributed by atoms with Crippen LogP contribution in [0.4, 0.5) is 11.4 Å². The number of halogens is 2. The molecule has 0 bridgehead atoms. The normalized spacial score (nSPS) is 9.33. The zero-order chi connectivity index (χ0) is 17.1. The Labute approximate surface area is 193 Å². The van der Waals surface area contributed by atoms with Crippen molar-refractivity contribution in [1.29, 1.82) is 0 Å². The zero-order valence-electron chi connectivity index (χ0n) is 16.1. The van der Waals surface area contributed by atoms with Crippen LogP contribution < -0.4 is 34.6 Å². The maximum atomic E-state index is 2.28. The minimum atomic E-state index is 0. The minimum Gasteiger partial charge on any atom is -1.00 e. The van der Waals surface area contributed by atoms with E-state index in [0.29, 0.717) is 0 Å². The monoisotopic (exact) mass is 476 g/mol. The molecule has 4 rings (SSSR count). The molecule has 0 saturated heterocycles. The van der Waals surface area contributed by atoms with Crippen molar-refractivity contribution >= 4 is 32.9 Å². The van der Waals surface area contributed by atoms with Gasteiger partial charge in [0, 0.05) is 39.6 Å². The third-order valence-corrected chi connectivity index (χ3v) is 4.26. The fourth-order valence-corrected chi connectivity index (χ4v) is 2.87. The van der Waals surface area contributed by atoms with Crippen LogP contribution in [0.2, 0.25) is 0 Å². The number of hydrogen-bond donors (Lipinski definition) is 0. The van der Waals surface area contributed by atoms with Crippen molar-refractivity contribution in [2.75, 3.05) is 38.0 Å². The molecule has 0 aliphatic heterocycles. The van der Waals surface area contributed by atoms with Gasteiger partial charge in [-0.1, -0.05) is 36.4 Å². The van der Waals surface area contributed by atoms with Crippen LogP contribution in [0, 0.1) is 0 Å². The molecule has 0 heterocycles. The van der Waals surface area contributed by atoms with E-state index in [9.17, 15) is 0 Å². The quantitative estimate of drug-likeness (QED) is 0.350. The number of hydrogen-bond acceptors (Lipinski definition) is 2. The smallest absolute Gasteiger partial charge is 1.00 e. The summed E-state index contributed by atoms with van der Waals surface area (Å²) < 4.78 is 0. The Bertz CT molecular complexity index is 849. The molecule has 0 spiro atoms. The van der Waals surface area contributed by atoms with Gasteiger partial charge in [-0.25, -0.2) is 12.1 Å². The standard InChI is InChI=1S/C17H19N2.C5H5.2ClH.Zr/c1-18(2)14-5-7-16-12(10-14)9-13-11-15(19(3)4)6-8-17(13)16;1-2-4-5-3-1;;;/h5-11H,1-4H3;1-5H;2*1H;/q2*-1;;;+4/p-2. The molecule has 0 N–H and O–H groups in total. The van der Waals surface area contributed by atoms with Gasteiger partial charge < -0.3 is 34.6 Å². The van der Waals surface area contributed by atoms with Crippen LogP contribution >= 0.6 is 0 Å². The first-order valence-electron chi connectivity index (χ1n) is 8.21. The third-order valence-electron chi connectivity index (χ3n) is 4.26. The van der Waals surface area contributed by atoms with Gasteiger partial charge in [0.2, 0.25) is 0 Å². The van der Waals surface area contributed by atoms with E-state index in [1.54, 1.807) is 0 Å². The Morgan fingerprint density at radius 3 is 1.37 bits per heavy atom. The molecule has 0 aliphatic carbocycles. The van der Waals surface area contributed by atoms with Crippen LogP contribution in [0.3, 0.4) is 0 Å². The molecular weight excluding hydrogens is 454 g/mol. The van der Waals surface area contributed by atoms with E-state index >= 15 is 0 Å². The summed E-state index contributed by atoms with van der Waals surface area (Å²) in [6.07, 6.45) is 0. The second-order valence-electron chi connectivity index (χ2n) is 6.44. The average Bonchev–Trinajstić information content (AvgIpc) is 3.24. The van der Waals surface area contributed by atoms with Gasteiger partial charge in [0.25, 0.3) is 0 Å². The fourth-order valence-electron chi connectivity index (χ4n) is 2.87. The van der Waals surface area contributed by atoms with Crippen LogP contribution in [-0.2, 0) is 26.2 Å². The molecule has 0 aromatic heterocycles. The number of rotatable bonds is 2. The summed E-state index contributed by atoms with van der Waals surface area (Å²) in [7, 11) is 8.31. The first kappa shape index (κ1) is 25.7.